The van der Waals surface area contributed by atoms with Gasteiger partial charge in [-0.2, -0.15) is 0 Å². The maximum Gasteiger partial charge on any atom is 0.220 e. The summed E-state index contributed by atoms with van der Waals surface area (Å²) in [5.41, 5.74) is 4.65. The van der Waals surface area contributed by atoms with Crippen LogP contribution in [0.15, 0.2) is 59.9 Å². The number of aliphatic hydroxyl groups excluding tert-OH is 5. The number of para-hydroxylation sites is 1. The van der Waals surface area contributed by atoms with Gasteiger partial charge in [0.25, 0.3) is 0 Å². The second-order valence-electron chi connectivity index (χ2n) is 12.0. The lowest BCUT2D eigenvalue weighted by atomic mass is 9.96. The standard InChI is InChI=1S/C34H43N3O8S/c1-21-8-11-31(46-16-4-7-30(41)36-18-27(39)32(42)33(43)28(40)19-38)37-26(21)20-44-34(13-14-34)25-17-35-15-12-23(25)24-5-2-3-6-29(24)45-22-9-10-22/h2-3,5-6,8,11-12,15,17,22,27-28,32-33,38-40,42-43H,4,7,9-10,13-14,16,18-20H2,1H3,(H,36,41)/t27-,28+,32+,33+/m0/s1. The van der Waals surface area contributed by atoms with Crippen LogP contribution in [-0.2, 0) is 21.7 Å². The lowest BCUT2D eigenvalue weighted by molar-refractivity contribution is -0.126. The summed E-state index contributed by atoms with van der Waals surface area (Å²) >= 11 is 1.54. The summed E-state index contributed by atoms with van der Waals surface area (Å²) in [4.78, 5) is 21.5. The van der Waals surface area contributed by atoms with E-state index in [2.05, 4.69) is 16.4 Å². The van der Waals surface area contributed by atoms with Crippen LogP contribution in [-0.4, -0.2) is 90.8 Å². The number of carbonyl (C=O) groups excluding carboxylic acids is 1. The molecule has 2 aliphatic carbocycles. The van der Waals surface area contributed by atoms with Crippen molar-refractivity contribution in [3.05, 3.63) is 71.7 Å². The number of nitrogens with zero attached hydrogens (tertiary/aromatic N) is 2. The predicted molar refractivity (Wildman–Crippen MR) is 172 cm³/mol. The van der Waals surface area contributed by atoms with Gasteiger partial charge in [0.1, 0.15) is 24.1 Å². The summed E-state index contributed by atoms with van der Waals surface area (Å²) in [6.07, 6.45) is 2.21. The van der Waals surface area contributed by atoms with Crippen LogP contribution in [0.25, 0.3) is 11.1 Å². The van der Waals surface area contributed by atoms with Crippen molar-refractivity contribution >= 4 is 17.7 Å². The second-order valence-corrected chi connectivity index (χ2v) is 13.1. The fraction of sp³-hybridized carbons (Fsp3) is 0.500. The third-order valence-electron chi connectivity index (χ3n) is 8.30. The summed E-state index contributed by atoms with van der Waals surface area (Å²) in [6, 6.07) is 14.2. The SMILES string of the molecule is Cc1ccc(SCCCC(=O)NC[C@H](O)[C@@H](O)[C@H](O)[C@H](O)CO)nc1COC1(c2cnccc2-c2ccccc2OC2CC2)CC1. The highest BCUT2D eigenvalue weighted by Crippen LogP contribution is 2.53. The summed E-state index contributed by atoms with van der Waals surface area (Å²) in [5, 5.41) is 51.2. The predicted octanol–water partition coefficient (Wildman–Crippen LogP) is 2.62. The van der Waals surface area contributed by atoms with Crippen molar-refractivity contribution in [2.45, 2.75) is 93.2 Å². The van der Waals surface area contributed by atoms with Gasteiger partial charge in [0, 0.05) is 36.5 Å². The molecule has 12 heteroatoms. The Morgan fingerprint density at radius 3 is 2.54 bits per heavy atom. The number of aryl methyl sites for hydroxylation is 1. The number of aliphatic hydroxyl groups is 5. The molecule has 2 saturated carbocycles. The van der Waals surface area contributed by atoms with Crippen molar-refractivity contribution in [2.75, 3.05) is 18.9 Å². The van der Waals surface area contributed by atoms with E-state index in [4.69, 9.17) is 19.6 Å². The smallest absolute Gasteiger partial charge is 0.220 e. The number of thioether (sulfide) groups is 1. The highest BCUT2D eigenvalue weighted by molar-refractivity contribution is 7.99. The third kappa shape index (κ3) is 8.82. The molecular weight excluding hydrogens is 610 g/mol. The Balaban J connectivity index is 1.12. The van der Waals surface area contributed by atoms with Crippen LogP contribution in [0.2, 0.25) is 0 Å². The molecule has 46 heavy (non-hydrogen) atoms. The molecule has 6 N–H and O–H groups in total. The molecule has 2 fully saturated rings. The lowest BCUT2D eigenvalue weighted by Gasteiger charge is -2.25. The van der Waals surface area contributed by atoms with Crippen molar-refractivity contribution in [3.63, 3.8) is 0 Å². The zero-order valence-corrected chi connectivity index (χ0v) is 26.7. The molecule has 0 unspecified atom stereocenters. The summed E-state index contributed by atoms with van der Waals surface area (Å²) in [6.45, 7) is 1.31. The molecule has 5 rings (SSSR count). The van der Waals surface area contributed by atoms with Crippen LogP contribution >= 0.6 is 11.8 Å². The fourth-order valence-electron chi connectivity index (χ4n) is 5.14. The molecule has 4 atom stereocenters. The molecule has 0 aliphatic heterocycles. The second kappa shape index (κ2) is 15.7. The fourth-order valence-corrected chi connectivity index (χ4v) is 5.98. The Hall–Kier alpha value is -3.10. The Labute approximate surface area is 273 Å². The number of nitrogens with one attached hydrogen (secondary N) is 1. The number of amides is 1. The molecule has 248 valence electrons. The average molecular weight is 654 g/mol. The summed E-state index contributed by atoms with van der Waals surface area (Å²) in [7, 11) is 0. The number of aromatic nitrogens is 2. The van der Waals surface area contributed by atoms with Crippen molar-refractivity contribution in [2.24, 2.45) is 0 Å². The molecule has 0 saturated heterocycles. The largest absolute Gasteiger partial charge is 0.490 e. The molecule has 2 aliphatic rings. The Morgan fingerprint density at radius 1 is 1.04 bits per heavy atom. The van der Waals surface area contributed by atoms with Crippen molar-refractivity contribution in [3.8, 4) is 16.9 Å². The van der Waals surface area contributed by atoms with E-state index in [1.165, 1.54) is 11.8 Å². The van der Waals surface area contributed by atoms with Gasteiger partial charge >= 0.3 is 0 Å². The number of hydrogen-bond donors (Lipinski definition) is 6. The quantitative estimate of drug-likeness (QED) is 0.0880. The molecule has 3 aromatic rings. The number of benzene rings is 1. The highest BCUT2D eigenvalue weighted by Gasteiger charge is 2.48. The van der Waals surface area contributed by atoms with Gasteiger partial charge in [-0.1, -0.05) is 24.3 Å². The monoisotopic (exact) mass is 653 g/mol. The number of pyridine rings is 2. The first-order valence-electron chi connectivity index (χ1n) is 15.7. The molecule has 0 spiro atoms. The number of ether oxygens (including phenoxy) is 2. The van der Waals surface area contributed by atoms with E-state index in [0.717, 1.165) is 64.4 Å². The van der Waals surface area contributed by atoms with Crippen LogP contribution in [0.1, 0.15) is 55.3 Å². The lowest BCUT2D eigenvalue weighted by Crippen LogP contribution is -2.49. The molecule has 2 heterocycles. The van der Waals surface area contributed by atoms with Crippen molar-refractivity contribution < 1.29 is 39.8 Å². The zero-order valence-electron chi connectivity index (χ0n) is 25.9. The van der Waals surface area contributed by atoms with E-state index in [0.29, 0.717) is 24.9 Å². The summed E-state index contributed by atoms with van der Waals surface area (Å²) < 4.78 is 12.8. The molecule has 1 aromatic carbocycles. The number of carbonyl (C=O) groups is 1. The maximum absolute atomic E-state index is 12.2. The first-order valence-corrected chi connectivity index (χ1v) is 16.7. The Kier molecular flexibility index (Phi) is 11.7. The highest BCUT2D eigenvalue weighted by atomic mass is 32.2. The normalized spacial score (nSPS) is 18.0. The molecule has 2 aromatic heterocycles. The number of hydrogen-bond acceptors (Lipinski definition) is 11. The van der Waals surface area contributed by atoms with Crippen molar-refractivity contribution in [1.82, 2.24) is 15.3 Å². The van der Waals surface area contributed by atoms with Crippen LogP contribution in [0, 0.1) is 6.92 Å². The van der Waals surface area contributed by atoms with E-state index < -0.39 is 36.6 Å². The average Bonchev–Trinajstić information content (AvgIpc) is 4.02. The molecule has 1 amide bonds. The van der Waals surface area contributed by atoms with Gasteiger partial charge in [-0.15, -0.1) is 11.8 Å². The maximum atomic E-state index is 12.2. The van der Waals surface area contributed by atoms with E-state index >= 15 is 0 Å². The Bertz CT molecular complexity index is 1470. The molecule has 0 bridgehead atoms. The minimum Gasteiger partial charge on any atom is -0.490 e. The molecule has 0 radical (unpaired) electrons. The minimum absolute atomic E-state index is 0.199. The van der Waals surface area contributed by atoms with Crippen LogP contribution in [0.4, 0.5) is 0 Å². The molecular formula is C34H43N3O8S. The van der Waals surface area contributed by atoms with E-state index in [9.17, 15) is 25.2 Å². The van der Waals surface area contributed by atoms with Gasteiger partial charge in [-0.3, -0.25) is 9.78 Å². The van der Waals surface area contributed by atoms with Gasteiger partial charge in [-0.25, -0.2) is 4.98 Å². The van der Waals surface area contributed by atoms with Crippen LogP contribution in [0.5, 0.6) is 5.75 Å². The first-order chi connectivity index (χ1) is 22.2. The van der Waals surface area contributed by atoms with Gasteiger partial charge in [0.15, 0.2) is 0 Å². The van der Waals surface area contributed by atoms with E-state index in [1.807, 2.05) is 55.7 Å². The van der Waals surface area contributed by atoms with Crippen molar-refractivity contribution in [1.29, 1.82) is 0 Å². The number of rotatable bonds is 18. The first kappa shape index (κ1) is 34.2. The summed E-state index contributed by atoms with van der Waals surface area (Å²) in [5.74, 6) is 1.21. The third-order valence-corrected chi connectivity index (χ3v) is 9.32. The van der Waals surface area contributed by atoms with Crippen LogP contribution < -0.4 is 10.1 Å². The van der Waals surface area contributed by atoms with E-state index in [-0.39, 0.29) is 18.9 Å². The van der Waals surface area contributed by atoms with Gasteiger partial charge in [0.05, 0.1) is 41.7 Å². The van der Waals surface area contributed by atoms with Gasteiger partial charge in [0.2, 0.25) is 5.91 Å². The topological polar surface area (TPSA) is 174 Å². The van der Waals surface area contributed by atoms with Gasteiger partial charge < -0.3 is 40.3 Å². The minimum atomic E-state index is -1.73. The van der Waals surface area contributed by atoms with E-state index in [1.54, 1.807) is 0 Å². The zero-order chi connectivity index (χ0) is 32.7. The van der Waals surface area contributed by atoms with Gasteiger partial charge in [-0.05, 0) is 74.1 Å². The van der Waals surface area contributed by atoms with Crippen LogP contribution in [0.3, 0.4) is 0 Å². The Morgan fingerprint density at radius 2 is 1.80 bits per heavy atom. The molecule has 11 nitrogen and oxygen atoms in total.